The topological polar surface area (TPSA) is 89.5 Å². The average molecular weight is 423 g/mol. The molecule has 2 aromatic carbocycles. The molecule has 2 heterocycles. The highest BCUT2D eigenvalue weighted by molar-refractivity contribution is 6.14. The van der Waals surface area contributed by atoms with E-state index in [1.54, 1.807) is 11.9 Å². The van der Waals surface area contributed by atoms with Gasteiger partial charge in [-0.1, -0.05) is 12.1 Å². The fourth-order valence-corrected chi connectivity index (χ4v) is 3.74. The number of amides is 1. The molecule has 1 atom stereocenters. The van der Waals surface area contributed by atoms with Crippen LogP contribution in [-0.2, 0) is 20.7 Å². The Morgan fingerprint density at radius 1 is 1.19 bits per heavy atom. The van der Waals surface area contributed by atoms with Crippen LogP contribution in [0.5, 0.6) is 11.5 Å². The summed E-state index contributed by atoms with van der Waals surface area (Å²) in [5.41, 5.74) is 4.27. The Hall–Kier alpha value is -3.55. The predicted octanol–water partition coefficient (Wildman–Crippen LogP) is 2.94. The fraction of sp³-hybridized carbons (Fsp3) is 0.348. The Morgan fingerprint density at radius 2 is 1.90 bits per heavy atom. The number of nitrogens with zero attached hydrogens (tertiary/aromatic N) is 2. The van der Waals surface area contributed by atoms with Crippen molar-refractivity contribution in [2.24, 2.45) is 5.10 Å². The summed E-state index contributed by atoms with van der Waals surface area (Å²) < 4.78 is 16.3. The summed E-state index contributed by atoms with van der Waals surface area (Å²) in [6, 6.07) is 11.4. The van der Waals surface area contributed by atoms with Crippen molar-refractivity contribution in [3.63, 3.8) is 0 Å². The van der Waals surface area contributed by atoms with Crippen LogP contribution >= 0.6 is 0 Å². The Kier molecular flexibility index (Phi) is 5.79. The van der Waals surface area contributed by atoms with Gasteiger partial charge in [0.25, 0.3) is 0 Å². The van der Waals surface area contributed by atoms with Crippen molar-refractivity contribution in [3.05, 3.63) is 53.1 Å². The van der Waals surface area contributed by atoms with Crippen LogP contribution in [0.1, 0.15) is 37.5 Å². The SMILES string of the molecule is CCOC(=O)CN1N=C(c2ccc(NC(C)=O)cc2)c2cc3c(cc2CC1C)OCO3. The van der Waals surface area contributed by atoms with E-state index in [1.807, 2.05) is 43.3 Å². The number of hydrogen-bond acceptors (Lipinski definition) is 7. The maximum atomic E-state index is 12.2. The number of nitrogens with one attached hydrogen (secondary N) is 1. The Labute approximate surface area is 180 Å². The maximum absolute atomic E-state index is 12.2. The first-order chi connectivity index (χ1) is 14.9. The van der Waals surface area contributed by atoms with E-state index < -0.39 is 0 Å². The van der Waals surface area contributed by atoms with E-state index in [2.05, 4.69) is 5.32 Å². The highest BCUT2D eigenvalue weighted by Crippen LogP contribution is 2.37. The molecule has 0 aliphatic carbocycles. The second kappa shape index (κ2) is 8.67. The average Bonchev–Trinajstić information content (AvgIpc) is 3.13. The van der Waals surface area contributed by atoms with E-state index >= 15 is 0 Å². The lowest BCUT2D eigenvalue weighted by atomic mass is 9.94. The number of anilines is 1. The van der Waals surface area contributed by atoms with Gasteiger partial charge >= 0.3 is 5.97 Å². The molecule has 0 saturated heterocycles. The second-order valence-corrected chi connectivity index (χ2v) is 7.53. The van der Waals surface area contributed by atoms with Crippen molar-refractivity contribution in [2.75, 3.05) is 25.3 Å². The van der Waals surface area contributed by atoms with Crippen molar-refractivity contribution >= 4 is 23.3 Å². The third-order valence-corrected chi connectivity index (χ3v) is 5.18. The van der Waals surface area contributed by atoms with Crippen LogP contribution in [0.4, 0.5) is 5.69 Å². The molecule has 2 aromatic rings. The molecule has 0 radical (unpaired) electrons. The van der Waals surface area contributed by atoms with Gasteiger partial charge in [-0.25, -0.2) is 0 Å². The second-order valence-electron chi connectivity index (χ2n) is 7.53. The molecule has 0 fully saturated rings. The van der Waals surface area contributed by atoms with Gasteiger partial charge in [-0.15, -0.1) is 0 Å². The summed E-state index contributed by atoms with van der Waals surface area (Å²) in [6.45, 7) is 5.86. The number of carbonyl (C=O) groups is 2. The van der Waals surface area contributed by atoms with Crippen LogP contribution in [0.2, 0.25) is 0 Å². The summed E-state index contributed by atoms with van der Waals surface area (Å²) in [5, 5.41) is 9.41. The van der Waals surface area contributed by atoms with Crippen LogP contribution < -0.4 is 14.8 Å². The van der Waals surface area contributed by atoms with E-state index in [0.717, 1.165) is 22.4 Å². The van der Waals surface area contributed by atoms with Gasteiger partial charge < -0.3 is 19.5 Å². The zero-order valence-electron chi connectivity index (χ0n) is 17.8. The van der Waals surface area contributed by atoms with Crippen molar-refractivity contribution in [1.82, 2.24) is 5.01 Å². The standard InChI is InChI=1S/C23H25N3O5/c1-4-29-22(28)12-26-14(2)9-17-10-20-21(31-13-30-20)11-19(17)23(25-26)16-5-7-18(8-6-16)24-15(3)27/h5-8,10-11,14H,4,9,12-13H2,1-3H3,(H,24,27). The van der Waals surface area contributed by atoms with E-state index in [1.165, 1.54) is 6.92 Å². The maximum Gasteiger partial charge on any atom is 0.327 e. The van der Waals surface area contributed by atoms with E-state index in [0.29, 0.717) is 30.2 Å². The number of esters is 1. The number of benzene rings is 2. The minimum atomic E-state index is -0.321. The highest BCUT2D eigenvalue weighted by Gasteiger charge is 2.28. The number of hydrogen-bond donors (Lipinski definition) is 1. The molecule has 31 heavy (non-hydrogen) atoms. The molecule has 1 amide bonds. The van der Waals surface area contributed by atoms with E-state index in [9.17, 15) is 9.59 Å². The minimum absolute atomic E-state index is 0.0281. The van der Waals surface area contributed by atoms with Crippen molar-refractivity contribution in [1.29, 1.82) is 0 Å². The quantitative estimate of drug-likeness (QED) is 0.744. The largest absolute Gasteiger partial charge is 0.465 e. The number of hydrazone groups is 1. The summed E-state index contributed by atoms with van der Waals surface area (Å²) in [6.07, 6.45) is 0.683. The molecule has 4 rings (SSSR count). The highest BCUT2D eigenvalue weighted by atomic mass is 16.7. The van der Waals surface area contributed by atoms with Gasteiger partial charge in [-0.2, -0.15) is 5.10 Å². The van der Waals surface area contributed by atoms with Crippen LogP contribution in [0.25, 0.3) is 0 Å². The lowest BCUT2D eigenvalue weighted by Crippen LogP contribution is -2.35. The van der Waals surface area contributed by atoms with Gasteiger partial charge in [-0.05, 0) is 50.1 Å². The first-order valence-corrected chi connectivity index (χ1v) is 10.3. The van der Waals surface area contributed by atoms with Gasteiger partial charge in [0.2, 0.25) is 12.7 Å². The Balaban J connectivity index is 1.77. The third kappa shape index (κ3) is 4.47. The monoisotopic (exact) mass is 423 g/mol. The molecule has 162 valence electrons. The first kappa shape index (κ1) is 20.7. The summed E-state index contributed by atoms with van der Waals surface area (Å²) in [4.78, 5) is 23.5. The van der Waals surface area contributed by atoms with Gasteiger partial charge in [0, 0.05) is 29.8 Å². The molecular weight excluding hydrogens is 398 g/mol. The van der Waals surface area contributed by atoms with Crippen LogP contribution in [0, 0.1) is 0 Å². The lowest BCUT2D eigenvalue weighted by molar-refractivity contribution is -0.145. The molecule has 0 saturated carbocycles. The molecule has 0 bridgehead atoms. The minimum Gasteiger partial charge on any atom is -0.465 e. The van der Waals surface area contributed by atoms with Gasteiger partial charge in [0.15, 0.2) is 11.5 Å². The lowest BCUT2D eigenvalue weighted by Gasteiger charge is -2.24. The summed E-state index contributed by atoms with van der Waals surface area (Å²) in [5.74, 6) is 0.934. The molecule has 8 heteroatoms. The van der Waals surface area contributed by atoms with Gasteiger partial charge in [0.1, 0.15) is 6.54 Å². The molecule has 2 aliphatic heterocycles. The van der Waals surface area contributed by atoms with E-state index in [4.69, 9.17) is 19.3 Å². The zero-order chi connectivity index (χ0) is 22.0. The summed E-state index contributed by atoms with van der Waals surface area (Å²) >= 11 is 0. The zero-order valence-corrected chi connectivity index (χ0v) is 17.8. The molecule has 2 aliphatic rings. The molecule has 8 nitrogen and oxygen atoms in total. The van der Waals surface area contributed by atoms with Crippen LogP contribution in [0.15, 0.2) is 41.5 Å². The Bertz CT molecular complexity index is 1030. The first-order valence-electron chi connectivity index (χ1n) is 10.3. The van der Waals surface area contributed by atoms with E-state index in [-0.39, 0.29) is 31.3 Å². The number of rotatable bonds is 5. The normalized spacial score (nSPS) is 16.8. The number of carbonyl (C=O) groups excluding carboxylic acids is 2. The molecule has 0 aromatic heterocycles. The fourth-order valence-electron chi connectivity index (χ4n) is 3.74. The third-order valence-electron chi connectivity index (χ3n) is 5.18. The molecule has 1 N–H and O–H groups in total. The van der Waals surface area contributed by atoms with Crippen molar-refractivity contribution in [3.8, 4) is 11.5 Å². The van der Waals surface area contributed by atoms with Crippen LogP contribution in [0.3, 0.4) is 0 Å². The van der Waals surface area contributed by atoms with Crippen molar-refractivity contribution < 1.29 is 23.8 Å². The predicted molar refractivity (Wildman–Crippen MR) is 115 cm³/mol. The number of ether oxygens (including phenoxy) is 3. The molecule has 0 spiro atoms. The smallest absolute Gasteiger partial charge is 0.327 e. The number of fused-ring (bicyclic) bond motifs is 2. The molecular formula is C23H25N3O5. The van der Waals surface area contributed by atoms with Crippen LogP contribution in [-0.4, -0.2) is 48.6 Å². The van der Waals surface area contributed by atoms with Crippen molar-refractivity contribution in [2.45, 2.75) is 33.2 Å². The summed E-state index contributed by atoms with van der Waals surface area (Å²) in [7, 11) is 0. The van der Waals surface area contributed by atoms with Gasteiger partial charge in [-0.3, -0.25) is 14.6 Å². The molecule has 1 unspecified atom stereocenters. The van der Waals surface area contributed by atoms with Gasteiger partial charge in [0.05, 0.1) is 12.3 Å². The Morgan fingerprint density at radius 3 is 2.58 bits per heavy atom.